The number of hydrogen-bond acceptors (Lipinski definition) is 6. The number of halogens is 3. The molecule has 8 nitrogen and oxygen atoms in total. The number of anilines is 1. The van der Waals surface area contributed by atoms with Gasteiger partial charge < -0.3 is 19.2 Å². The highest BCUT2D eigenvalue weighted by Gasteiger charge is 2.21. The smallest absolute Gasteiger partial charge is 0.360 e. The molecule has 2 aromatic heterocycles. The van der Waals surface area contributed by atoms with E-state index in [1.54, 1.807) is 6.07 Å². The lowest BCUT2D eigenvalue weighted by Crippen LogP contribution is -2.14. The lowest BCUT2D eigenvalue weighted by molar-refractivity contribution is 0.0594. The average Bonchev–Trinajstić information content (AvgIpc) is 3.33. The maximum absolute atomic E-state index is 12.5. The molecule has 3 aromatic rings. The van der Waals surface area contributed by atoms with Gasteiger partial charge in [-0.1, -0.05) is 34.8 Å². The van der Waals surface area contributed by atoms with Crippen LogP contribution in [0, 0.1) is 0 Å². The van der Waals surface area contributed by atoms with E-state index in [-0.39, 0.29) is 39.5 Å². The Morgan fingerprint density at radius 1 is 1.20 bits per heavy atom. The normalized spacial score (nSPS) is 10.7. The standard InChI is InChI=1S/C19H16Cl3N3O5/c1-3-25-8-14(16(24-25)19(27)28-2)23-18(26)15-5-4-11(30-15)9-29-17-12(21)6-10(20)7-13(17)22/h4-8H,3,9H2,1-2H3,(H,23,26). The number of esters is 1. The number of aryl methyl sites for hydroxylation is 1. The first-order chi connectivity index (χ1) is 14.3. The van der Waals surface area contributed by atoms with Crippen molar-refractivity contribution in [2.24, 2.45) is 0 Å². The first kappa shape index (κ1) is 22.0. The second-order valence-corrected chi connectivity index (χ2v) is 7.20. The molecule has 0 bridgehead atoms. The molecule has 0 aliphatic rings. The Morgan fingerprint density at radius 3 is 2.53 bits per heavy atom. The second kappa shape index (κ2) is 9.42. The molecule has 0 saturated heterocycles. The van der Waals surface area contributed by atoms with Crippen molar-refractivity contribution >= 4 is 52.4 Å². The molecule has 0 aliphatic carbocycles. The minimum absolute atomic E-state index is 0.00478. The first-order valence-corrected chi connectivity index (χ1v) is 9.79. The van der Waals surface area contributed by atoms with Gasteiger partial charge in [-0.05, 0) is 31.2 Å². The van der Waals surface area contributed by atoms with Crippen molar-refractivity contribution in [1.29, 1.82) is 0 Å². The molecule has 0 spiro atoms. The van der Waals surface area contributed by atoms with E-state index >= 15 is 0 Å². The third kappa shape index (κ3) is 4.89. The monoisotopic (exact) mass is 471 g/mol. The van der Waals surface area contributed by atoms with Gasteiger partial charge in [-0.15, -0.1) is 0 Å². The van der Waals surface area contributed by atoms with E-state index in [1.807, 2.05) is 6.92 Å². The Morgan fingerprint density at radius 2 is 1.90 bits per heavy atom. The number of nitrogens with zero attached hydrogens (tertiary/aromatic N) is 2. The topological polar surface area (TPSA) is 95.6 Å². The Balaban J connectivity index is 1.70. The van der Waals surface area contributed by atoms with Crippen LogP contribution in [0.25, 0.3) is 0 Å². The molecule has 158 valence electrons. The number of carbonyl (C=O) groups is 2. The van der Waals surface area contributed by atoms with Crippen LogP contribution in [0.4, 0.5) is 5.69 Å². The third-order valence-corrected chi connectivity index (χ3v) is 4.70. The summed E-state index contributed by atoms with van der Waals surface area (Å²) in [4.78, 5) is 24.4. The fraction of sp³-hybridized carbons (Fsp3) is 0.211. The summed E-state index contributed by atoms with van der Waals surface area (Å²) in [5.74, 6) is -0.603. The zero-order valence-electron chi connectivity index (χ0n) is 15.9. The zero-order chi connectivity index (χ0) is 21.8. The van der Waals surface area contributed by atoms with Crippen LogP contribution in [0.2, 0.25) is 15.1 Å². The van der Waals surface area contributed by atoms with Crippen molar-refractivity contribution in [2.45, 2.75) is 20.1 Å². The molecular weight excluding hydrogens is 457 g/mol. The van der Waals surface area contributed by atoms with Crippen LogP contribution in [0.5, 0.6) is 5.75 Å². The maximum atomic E-state index is 12.5. The summed E-state index contributed by atoms with van der Waals surface area (Å²) in [6.45, 7) is 2.34. The summed E-state index contributed by atoms with van der Waals surface area (Å²) in [7, 11) is 1.23. The van der Waals surface area contributed by atoms with E-state index in [1.165, 1.54) is 36.2 Å². The molecule has 0 saturated carbocycles. The van der Waals surface area contributed by atoms with Crippen molar-refractivity contribution in [3.8, 4) is 5.75 Å². The highest BCUT2D eigenvalue weighted by molar-refractivity contribution is 6.40. The molecule has 30 heavy (non-hydrogen) atoms. The Hall–Kier alpha value is -2.68. The lowest BCUT2D eigenvalue weighted by atomic mass is 10.3. The number of furan rings is 1. The number of ether oxygens (including phenoxy) is 2. The van der Waals surface area contributed by atoms with Gasteiger partial charge in [-0.25, -0.2) is 4.79 Å². The van der Waals surface area contributed by atoms with E-state index in [0.29, 0.717) is 17.3 Å². The second-order valence-electron chi connectivity index (χ2n) is 5.95. The van der Waals surface area contributed by atoms with E-state index in [9.17, 15) is 9.59 Å². The van der Waals surface area contributed by atoms with Crippen molar-refractivity contribution in [2.75, 3.05) is 12.4 Å². The molecule has 3 rings (SSSR count). The quantitative estimate of drug-likeness (QED) is 0.482. The van der Waals surface area contributed by atoms with Crippen molar-refractivity contribution in [3.63, 3.8) is 0 Å². The van der Waals surface area contributed by atoms with Gasteiger partial charge in [-0.2, -0.15) is 5.10 Å². The Labute approximate surface area is 186 Å². The largest absolute Gasteiger partial charge is 0.483 e. The molecule has 0 atom stereocenters. The number of amides is 1. The van der Waals surface area contributed by atoms with E-state index in [0.717, 1.165) is 0 Å². The predicted octanol–water partition coefficient (Wildman–Crippen LogP) is 5.07. The molecule has 0 fully saturated rings. The zero-order valence-corrected chi connectivity index (χ0v) is 18.1. The van der Waals surface area contributed by atoms with Crippen molar-refractivity contribution < 1.29 is 23.5 Å². The minimum Gasteiger partial charge on any atom is -0.483 e. The fourth-order valence-corrected chi connectivity index (χ4v) is 3.42. The van der Waals surface area contributed by atoms with Crippen LogP contribution in [0.3, 0.4) is 0 Å². The fourth-order valence-electron chi connectivity index (χ4n) is 2.49. The number of aromatic nitrogens is 2. The number of methoxy groups -OCH3 is 1. The van der Waals surface area contributed by atoms with Gasteiger partial charge in [0, 0.05) is 17.8 Å². The maximum Gasteiger partial charge on any atom is 0.360 e. The van der Waals surface area contributed by atoms with Crippen LogP contribution in [0.15, 0.2) is 34.9 Å². The summed E-state index contributed by atoms with van der Waals surface area (Å²) in [5.41, 5.74) is 0.206. The summed E-state index contributed by atoms with van der Waals surface area (Å²) in [6, 6.07) is 6.05. The SMILES string of the molecule is CCn1cc(NC(=O)c2ccc(COc3c(Cl)cc(Cl)cc3Cl)o2)c(C(=O)OC)n1. The van der Waals surface area contributed by atoms with Gasteiger partial charge in [0.2, 0.25) is 0 Å². The predicted molar refractivity (Wildman–Crippen MR) is 112 cm³/mol. The molecule has 1 N–H and O–H groups in total. The molecule has 1 amide bonds. The van der Waals surface area contributed by atoms with E-state index < -0.39 is 11.9 Å². The van der Waals surface area contributed by atoms with Crippen LogP contribution >= 0.6 is 34.8 Å². The van der Waals surface area contributed by atoms with Gasteiger partial charge in [0.1, 0.15) is 12.4 Å². The highest BCUT2D eigenvalue weighted by Crippen LogP contribution is 2.36. The number of rotatable bonds is 7. The highest BCUT2D eigenvalue weighted by atomic mass is 35.5. The number of carbonyl (C=O) groups excluding carboxylic acids is 2. The first-order valence-electron chi connectivity index (χ1n) is 8.65. The molecular formula is C19H16Cl3N3O5. The van der Waals surface area contributed by atoms with Crippen LogP contribution in [-0.2, 0) is 17.9 Å². The van der Waals surface area contributed by atoms with Crippen LogP contribution in [0.1, 0.15) is 33.7 Å². The summed E-state index contributed by atoms with van der Waals surface area (Å²) in [5, 5.41) is 7.56. The minimum atomic E-state index is -0.664. The van der Waals surface area contributed by atoms with Gasteiger partial charge in [0.15, 0.2) is 17.2 Å². The molecule has 0 unspecified atom stereocenters. The third-order valence-electron chi connectivity index (χ3n) is 3.92. The van der Waals surface area contributed by atoms with Crippen molar-refractivity contribution in [3.05, 3.63) is 62.7 Å². The molecule has 2 heterocycles. The van der Waals surface area contributed by atoms with Gasteiger partial charge in [-0.3, -0.25) is 9.48 Å². The summed E-state index contributed by atoms with van der Waals surface area (Å²) >= 11 is 18.0. The Kier molecular flexibility index (Phi) is 6.91. The lowest BCUT2D eigenvalue weighted by Gasteiger charge is -2.09. The van der Waals surface area contributed by atoms with Crippen molar-refractivity contribution in [1.82, 2.24) is 9.78 Å². The average molecular weight is 473 g/mol. The van der Waals surface area contributed by atoms with Gasteiger partial charge in [0.05, 0.1) is 22.8 Å². The van der Waals surface area contributed by atoms with E-state index in [4.69, 9.17) is 48.7 Å². The van der Waals surface area contributed by atoms with Crippen LogP contribution < -0.4 is 10.1 Å². The van der Waals surface area contributed by atoms with E-state index in [2.05, 4.69) is 10.4 Å². The molecule has 11 heteroatoms. The van der Waals surface area contributed by atoms with Crippen LogP contribution in [-0.4, -0.2) is 28.8 Å². The number of benzene rings is 1. The van der Waals surface area contributed by atoms with Gasteiger partial charge >= 0.3 is 5.97 Å². The number of hydrogen-bond donors (Lipinski definition) is 1. The molecule has 0 radical (unpaired) electrons. The summed E-state index contributed by atoms with van der Waals surface area (Å²) < 4.78 is 17.3. The summed E-state index contributed by atoms with van der Waals surface area (Å²) in [6.07, 6.45) is 1.53. The molecule has 0 aliphatic heterocycles. The Bertz CT molecular complexity index is 1070. The number of nitrogens with one attached hydrogen (secondary N) is 1. The van der Waals surface area contributed by atoms with Gasteiger partial charge in [0.25, 0.3) is 5.91 Å². The molecule has 1 aromatic carbocycles.